The molecule has 0 spiro atoms. The number of nitrogens with zero attached hydrogens (tertiary/aromatic N) is 2. The zero-order valence-electron chi connectivity index (χ0n) is 17.1. The molecule has 1 aliphatic rings. The maximum atomic E-state index is 14.1. The molecule has 1 unspecified atom stereocenters. The molecule has 2 heterocycles. The summed E-state index contributed by atoms with van der Waals surface area (Å²) in [7, 11) is 1.09. The van der Waals surface area contributed by atoms with E-state index in [-0.39, 0.29) is 35.2 Å². The molecule has 3 rings (SSSR count). The highest BCUT2D eigenvalue weighted by Gasteiger charge is 2.63. The third kappa shape index (κ3) is 4.53. The summed E-state index contributed by atoms with van der Waals surface area (Å²) in [5.41, 5.74) is -9.63. The molecular formula is C20H13F9N2O3. The van der Waals surface area contributed by atoms with Gasteiger partial charge in [-0.05, 0) is 37.3 Å². The predicted molar refractivity (Wildman–Crippen MR) is 96.7 cm³/mol. The molecular weight excluding hydrogens is 487 g/mol. The number of halogens is 9. The van der Waals surface area contributed by atoms with Gasteiger partial charge in [0.25, 0.3) is 5.60 Å². The molecule has 184 valence electrons. The van der Waals surface area contributed by atoms with E-state index < -0.39 is 58.9 Å². The Morgan fingerprint density at radius 3 is 1.97 bits per heavy atom. The van der Waals surface area contributed by atoms with E-state index in [4.69, 9.17) is 0 Å². The van der Waals surface area contributed by atoms with Gasteiger partial charge >= 0.3 is 24.5 Å². The van der Waals surface area contributed by atoms with Crippen molar-refractivity contribution in [2.24, 2.45) is 5.16 Å². The number of carbonyl (C=O) groups excluding carboxylic acids is 1. The fourth-order valence-corrected chi connectivity index (χ4v) is 3.28. The summed E-state index contributed by atoms with van der Waals surface area (Å²) in [5, 5.41) is 3.28. The van der Waals surface area contributed by atoms with Crippen molar-refractivity contribution in [3.05, 3.63) is 64.0 Å². The van der Waals surface area contributed by atoms with Crippen molar-refractivity contribution in [2.45, 2.75) is 37.5 Å². The van der Waals surface area contributed by atoms with Crippen LogP contribution in [-0.2, 0) is 27.5 Å². The highest BCUT2D eigenvalue weighted by atomic mass is 19.4. The molecule has 0 N–H and O–H groups in total. The van der Waals surface area contributed by atoms with Crippen molar-refractivity contribution in [3.8, 4) is 0 Å². The molecule has 0 amide bonds. The predicted octanol–water partition coefficient (Wildman–Crippen LogP) is 5.80. The first-order valence-corrected chi connectivity index (χ1v) is 9.17. The van der Waals surface area contributed by atoms with E-state index in [0.29, 0.717) is 0 Å². The smallest absolute Gasteiger partial charge is 0.435 e. The number of hydrogen-bond acceptors (Lipinski definition) is 5. The zero-order chi connectivity index (χ0) is 25.7. The van der Waals surface area contributed by atoms with Crippen LogP contribution in [0.5, 0.6) is 0 Å². The SMILES string of the molecule is COC(=O)c1ccc(C2=NOC(c3cc(C(F)(F)F)cc(C(F)(F)F)c3)(C(F)(F)F)C2)nc1C. The van der Waals surface area contributed by atoms with Crippen molar-refractivity contribution >= 4 is 11.7 Å². The maximum absolute atomic E-state index is 14.1. The summed E-state index contributed by atoms with van der Waals surface area (Å²) in [6, 6.07) is 1.87. The van der Waals surface area contributed by atoms with Crippen LogP contribution in [0.25, 0.3) is 0 Å². The topological polar surface area (TPSA) is 60.8 Å². The molecule has 0 fully saturated rings. The molecule has 34 heavy (non-hydrogen) atoms. The lowest BCUT2D eigenvalue weighted by Crippen LogP contribution is -2.43. The second kappa shape index (κ2) is 8.17. The average molecular weight is 500 g/mol. The quantitative estimate of drug-likeness (QED) is 0.395. The van der Waals surface area contributed by atoms with Gasteiger partial charge in [-0.2, -0.15) is 39.5 Å². The van der Waals surface area contributed by atoms with Crippen molar-refractivity contribution in [1.29, 1.82) is 0 Å². The fraction of sp³-hybridized carbons (Fsp3) is 0.350. The highest BCUT2D eigenvalue weighted by molar-refractivity contribution is 6.01. The van der Waals surface area contributed by atoms with Crippen LogP contribution < -0.4 is 0 Å². The molecule has 1 aromatic heterocycles. The molecule has 0 saturated carbocycles. The second-order valence-corrected chi connectivity index (χ2v) is 7.25. The standard InChI is InChI=1S/C20H13F9N2O3/c1-9-13(16(32)33-2)3-4-14(30-9)15-8-17(34-31-15,20(27,28)29)10-5-11(18(21,22)23)7-12(6-10)19(24,25)26/h3-7H,8H2,1-2H3. The summed E-state index contributed by atoms with van der Waals surface area (Å²) in [5.74, 6) is -0.783. The summed E-state index contributed by atoms with van der Waals surface area (Å²) in [4.78, 5) is 20.1. The van der Waals surface area contributed by atoms with Gasteiger partial charge in [-0.3, -0.25) is 4.98 Å². The highest BCUT2D eigenvalue weighted by Crippen LogP contribution is 2.50. The third-order valence-electron chi connectivity index (χ3n) is 5.03. The number of pyridine rings is 1. The van der Waals surface area contributed by atoms with Gasteiger partial charge in [-0.25, -0.2) is 4.79 Å². The lowest BCUT2D eigenvalue weighted by Gasteiger charge is -2.30. The van der Waals surface area contributed by atoms with Gasteiger partial charge in [0.1, 0.15) is 5.71 Å². The van der Waals surface area contributed by atoms with E-state index in [1.54, 1.807) is 0 Å². The van der Waals surface area contributed by atoms with Crippen LogP contribution in [0, 0.1) is 6.92 Å². The molecule has 1 atom stereocenters. The monoisotopic (exact) mass is 500 g/mol. The van der Waals surface area contributed by atoms with Crippen LogP contribution in [0.1, 0.15) is 44.9 Å². The summed E-state index contributed by atoms with van der Waals surface area (Å²) in [6.45, 7) is 1.34. The van der Waals surface area contributed by atoms with Gasteiger partial charge < -0.3 is 9.57 Å². The van der Waals surface area contributed by atoms with Crippen molar-refractivity contribution in [3.63, 3.8) is 0 Å². The Kier molecular flexibility index (Phi) is 6.08. The van der Waals surface area contributed by atoms with Gasteiger partial charge in [0.2, 0.25) is 0 Å². The number of esters is 1. The second-order valence-electron chi connectivity index (χ2n) is 7.25. The number of benzene rings is 1. The Morgan fingerprint density at radius 2 is 1.53 bits per heavy atom. The van der Waals surface area contributed by atoms with Gasteiger partial charge in [0.05, 0.1) is 41.6 Å². The number of aryl methyl sites for hydroxylation is 1. The number of methoxy groups -OCH3 is 1. The molecule has 0 radical (unpaired) electrons. The van der Waals surface area contributed by atoms with E-state index in [1.807, 2.05) is 0 Å². The summed E-state index contributed by atoms with van der Waals surface area (Å²) >= 11 is 0. The number of ether oxygens (including phenoxy) is 1. The maximum Gasteiger partial charge on any atom is 0.435 e. The molecule has 2 aromatic rings. The fourth-order valence-electron chi connectivity index (χ4n) is 3.28. The van der Waals surface area contributed by atoms with Crippen LogP contribution in [0.15, 0.2) is 35.5 Å². The third-order valence-corrected chi connectivity index (χ3v) is 5.03. The van der Waals surface area contributed by atoms with E-state index in [2.05, 4.69) is 19.7 Å². The molecule has 0 aliphatic carbocycles. The van der Waals surface area contributed by atoms with Crippen LogP contribution in [0.4, 0.5) is 39.5 Å². The Hall–Kier alpha value is -3.32. The van der Waals surface area contributed by atoms with E-state index >= 15 is 0 Å². The van der Waals surface area contributed by atoms with Gasteiger partial charge in [0, 0.05) is 5.56 Å². The Bertz CT molecular complexity index is 1120. The molecule has 0 saturated heterocycles. The molecule has 14 heteroatoms. The molecule has 1 aliphatic heterocycles. The molecule has 1 aromatic carbocycles. The van der Waals surface area contributed by atoms with Crippen LogP contribution in [0.3, 0.4) is 0 Å². The average Bonchev–Trinajstić information content (AvgIpc) is 3.18. The minimum absolute atomic E-state index is 0.0134. The van der Waals surface area contributed by atoms with E-state index in [0.717, 1.165) is 13.2 Å². The molecule has 0 bridgehead atoms. The normalized spacial score (nSPS) is 19.0. The van der Waals surface area contributed by atoms with Gasteiger partial charge in [0.15, 0.2) is 0 Å². The number of aromatic nitrogens is 1. The summed E-state index contributed by atoms with van der Waals surface area (Å²) < 4.78 is 126. The number of alkyl halides is 9. The van der Waals surface area contributed by atoms with Crippen molar-refractivity contribution < 1.29 is 53.9 Å². The molecule has 5 nitrogen and oxygen atoms in total. The minimum atomic E-state index is -5.47. The van der Waals surface area contributed by atoms with E-state index in [1.165, 1.54) is 13.0 Å². The Balaban J connectivity index is 2.12. The van der Waals surface area contributed by atoms with E-state index in [9.17, 15) is 44.3 Å². The lowest BCUT2D eigenvalue weighted by atomic mass is 9.85. The zero-order valence-corrected chi connectivity index (χ0v) is 17.1. The first-order valence-electron chi connectivity index (χ1n) is 9.17. The Morgan fingerprint density at radius 1 is 0.971 bits per heavy atom. The first kappa shape index (κ1) is 25.3. The Labute approximate surface area is 185 Å². The number of carbonyl (C=O) groups is 1. The number of rotatable bonds is 3. The lowest BCUT2D eigenvalue weighted by molar-refractivity contribution is -0.276. The summed E-state index contributed by atoms with van der Waals surface area (Å²) in [6.07, 6.45) is -17.5. The van der Waals surface area contributed by atoms with Crippen LogP contribution >= 0.6 is 0 Å². The number of hydrogen-bond donors (Lipinski definition) is 0. The minimum Gasteiger partial charge on any atom is -0.465 e. The van der Waals surface area contributed by atoms with Gasteiger partial charge in [-0.1, -0.05) is 5.16 Å². The largest absolute Gasteiger partial charge is 0.465 e. The first-order chi connectivity index (χ1) is 15.5. The van der Waals surface area contributed by atoms with Crippen LogP contribution in [0.2, 0.25) is 0 Å². The van der Waals surface area contributed by atoms with Gasteiger partial charge in [-0.15, -0.1) is 0 Å². The number of oxime groups is 1. The van der Waals surface area contributed by atoms with Crippen molar-refractivity contribution in [1.82, 2.24) is 4.98 Å². The van der Waals surface area contributed by atoms with Crippen molar-refractivity contribution in [2.75, 3.05) is 7.11 Å². The van der Waals surface area contributed by atoms with Crippen LogP contribution in [-0.4, -0.2) is 30.0 Å².